The Morgan fingerprint density at radius 3 is 2.04 bits per heavy atom. The molecule has 0 heterocycles. The van der Waals surface area contributed by atoms with E-state index in [2.05, 4.69) is 59.3 Å². The first-order chi connectivity index (χ1) is 13.0. The highest BCUT2D eigenvalue weighted by atomic mass is 32.2. The van der Waals surface area contributed by atoms with Crippen LogP contribution >= 0.6 is 0 Å². The van der Waals surface area contributed by atoms with Gasteiger partial charge in [0, 0.05) is 11.6 Å². The maximum Gasteiger partial charge on any atom is 0.229 e. The van der Waals surface area contributed by atoms with E-state index < -0.39 is 10.0 Å². The van der Waals surface area contributed by atoms with Crippen LogP contribution in [-0.2, 0) is 29.3 Å². The van der Waals surface area contributed by atoms with Gasteiger partial charge in [0.05, 0.1) is 6.26 Å². The molecule has 138 valence electrons. The molecule has 0 fully saturated rings. The molecule has 0 aliphatic heterocycles. The molecule has 0 amide bonds. The Morgan fingerprint density at radius 2 is 1.44 bits per heavy atom. The zero-order valence-electron chi connectivity index (χ0n) is 15.4. The molecule has 0 unspecified atom stereocenters. The molecule has 0 atom stereocenters. The molecule has 3 nitrogen and oxygen atoms in total. The first-order valence-corrected chi connectivity index (χ1v) is 11.1. The summed E-state index contributed by atoms with van der Waals surface area (Å²) in [5.74, 6) is 0.272. The van der Waals surface area contributed by atoms with Gasteiger partial charge in [-0.15, -0.1) is 0 Å². The van der Waals surface area contributed by atoms with E-state index in [0.717, 1.165) is 24.8 Å². The second-order valence-corrected chi connectivity index (χ2v) is 8.98. The molecule has 1 aliphatic carbocycles. The number of sulfonamides is 1. The minimum Gasteiger partial charge on any atom is -0.284 e. The Kier molecular flexibility index (Phi) is 4.75. The van der Waals surface area contributed by atoms with Crippen molar-refractivity contribution in [2.45, 2.75) is 25.2 Å². The SMILES string of the molecule is CS(=O)(=O)Nc1cccc(CC2c3ccccc3CCc3ccccc32)c1. The van der Waals surface area contributed by atoms with Crippen LogP contribution in [0.5, 0.6) is 0 Å². The molecule has 0 saturated carbocycles. The van der Waals surface area contributed by atoms with E-state index in [9.17, 15) is 8.42 Å². The number of benzene rings is 3. The van der Waals surface area contributed by atoms with Crippen molar-refractivity contribution >= 4 is 15.7 Å². The molecule has 0 aromatic heterocycles. The first kappa shape index (κ1) is 17.8. The lowest BCUT2D eigenvalue weighted by Crippen LogP contribution is -2.10. The van der Waals surface area contributed by atoms with Crippen molar-refractivity contribution in [1.29, 1.82) is 0 Å². The van der Waals surface area contributed by atoms with Crippen LogP contribution in [0.25, 0.3) is 0 Å². The summed E-state index contributed by atoms with van der Waals surface area (Å²) in [5, 5.41) is 0. The van der Waals surface area contributed by atoms with Gasteiger partial charge < -0.3 is 0 Å². The van der Waals surface area contributed by atoms with E-state index in [0.29, 0.717) is 5.69 Å². The molecule has 0 spiro atoms. The second-order valence-electron chi connectivity index (χ2n) is 7.23. The molecule has 0 bridgehead atoms. The van der Waals surface area contributed by atoms with Gasteiger partial charge in [-0.2, -0.15) is 0 Å². The number of hydrogen-bond acceptors (Lipinski definition) is 2. The van der Waals surface area contributed by atoms with Crippen LogP contribution < -0.4 is 4.72 Å². The lowest BCUT2D eigenvalue weighted by atomic mass is 9.83. The zero-order valence-corrected chi connectivity index (χ0v) is 16.2. The molecular weight excluding hydrogens is 354 g/mol. The summed E-state index contributed by atoms with van der Waals surface area (Å²) in [4.78, 5) is 0. The molecule has 1 N–H and O–H groups in total. The summed E-state index contributed by atoms with van der Waals surface area (Å²) in [6.07, 6.45) is 4.13. The summed E-state index contributed by atoms with van der Waals surface area (Å²) in [6, 6.07) is 25.1. The Balaban J connectivity index is 1.74. The summed E-state index contributed by atoms with van der Waals surface area (Å²) in [5.41, 5.74) is 7.31. The smallest absolute Gasteiger partial charge is 0.229 e. The van der Waals surface area contributed by atoms with Crippen molar-refractivity contribution in [3.63, 3.8) is 0 Å². The fraction of sp³-hybridized carbons (Fsp3) is 0.217. The van der Waals surface area contributed by atoms with Gasteiger partial charge >= 0.3 is 0 Å². The fourth-order valence-corrected chi connectivity index (χ4v) is 4.63. The zero-order chi connectivity index (χ0) is 18.9. The van der Waals surface area contributed by atoms with E-state index >= 15 is 0 Å². The highest BCUT2D eigenvalue weighted by molar-refractivity contribution is 7.92. The number of fused-ring (bicyclic) bond motifs is 2. The van der Waals surface area contributed by atoms with Crippen molar-refractivity contribution in [2.24, 2.45) is 0 Å². The third kappa shape index (κ3) is 4.06. The van der Waals surface area contributed by atoms with Gasteiger partial charge in [0.2, 0.25) is 10.0 Å². The third-order valence-electron chi connectivity index (χ3n) is 5.19. The summed E-state index contributed by atoms with van der Waals surface area (Å²) >= 11 is 0. The number of anilines is 1. The van der Waals surface area contributed by atoms with Crippen LogP contribution in [0, 0.1) is 0 Å². The molecule has 0 radical (unpaired) electrons. The summed E-state index contributed by atoms with van der Waals surface area (Å²) in [6.45, 7) is 0. The van der Waals surface area contributed by atoms with Gasteiger partial charge in [0.1, 0.15) is 0 Å². The van der Waals surface area contributed by atoms with Crippen LogP contribution in [0.3, 0.4) is 0 Å². The average molecular weight is 378 g/mol. The van der Waals surface area contributed by atoms with Crippen LogP contribution in [0.4, 0.5) is 5.69 Å². The van der Waals surface area contributed by atoms with E-state index in [1.54, 1.807) is 6.07 Å². The minimum atomic E-state index is -3.28. The number of nitrogens with one attached hydrogen (secondary N) is 1. The lowest BCUT2D eigenvalue weighted by molar-refractivity contribution is 0.607. The average Bonchev–Trinajstić information content (AvgIpc) is 2.79. The summed E-state index contributed by atoms with van der Waals surface area (Å²) in [7, 11) is -3.28. The number of aryl methyl sites for hydroxylation is 2. The van der Waals surface area contributed by atoms with Crippen molar-refractivity contribution in [3.05, 3.63) is 101 Å². The Bertz CT molecular complexity index is 1030. The van der Waals surface area contributed by atoms with Gasteiger partial charge in [-0.05, 0) is 59.2 Å². The quantitative estimate of drug-likeness (QED) is 0.726. The van der Waals surface area contributed by atoms with Gasteiger partial charge in [0.25, 0.3) is 0 Å². The normalized spacial score (nSPS) is 14.1. The largest absolute Gasteiger partial charge is 0.284 e. The highest BCUT2D eigenvalue weighted by Crippen LogP contribution is 2.36. The Labute approximate surface area is 161 Å². The maximum absolute atomic E-state index is 11.6. The van der Waals surface area contributed by atoms with E-state index in [1.807, 2.05) is 12.1 Å². The number of rotatable bonds is 4. The second kappa shape index (κ2) is 7.20. The van der Waals surface area contributed by atoms with Crippen LogP contribution in [0.1, 0.15) is 33.7 Å². The molecule has 3 aromatic carbocycles. The number of hydrogen-bond donors (Lipinski definition) is 1. The Morgan fingerprint density at radius 1 is 0.852 bits per heavy atom. The van der Waals surface area contributed by atoms with Gasteiger partial charge in [-0.3, -0.25) is 4.72 Å². The van der Waals surface area contributed by atoms with E-state index in [-0.39, 0.29) is 5.92 Å². The van der Waals surface area contributed by atoms with E-state index in [1.165, 1.54) is 28.5 Å². The molecule has 3 aromatic rings. The van der Waals surface area contributed by atoms with Gasteiger partial charge in [-0.25, -0.2) is 8.42 Å². The monoisotopic (exact) mass is 377 g/mol. The predicted octanol–water partition coefficient (Wildman–Crippen LogP) is 4.53. The molecule has 27 heavy (non-hydrogen) atoms. The topological polar surface area (TPSA) is 46.2 Å². The third-order valence-corrected chi connectivity index (χ3v) is 5.80. The minimum absolute atomic E-state index is 0.272. The Hall–Kier alpha value is -2.59. The molecule has 1 aliphatic rings. The fourth-order valence-electron chi connectivity index (χ4n) is 4.07. The van der Waals surface area contributed by atoms with Crippen molar-refractivity contribution < 1.29 is 8.42 Å². The van der Waals surface area contributed by atoms with Crippen LogP contribution in [0.15, 0.2) is 72.8 Å². The molecular formula is C23H23NO2S. The van der Waals surface area contributed by atoms with Gasteiger partial charge in [0.15, 0.2) is 0 Å². The van der Waals surface area contributed by atoms with Crippen LogP contribution in [-0.4, -0.2) is 14.7 Å². The van der Waals surface area contributed by atoms with Crippen molar-refractivity contribution in [1.82, 2.24) is 0 Å². The molecule has 4 heteroatoms. The lowest BCUT2D eigenvalue weighted by Gasteiger charge is -2.21. The van der Waals surface area contributed by atoms with E-state index in [4.69, 9.17) is 0 Å². The van der Waals surface area contributed by atoms with Crippen molar-refractivity contribution in [3.8, 4) is 0 Å². The molecule has 4 rings (SSSR count). The van der Waals surface area contributed by atoms with Crippen LogP contribution in [0.2, 0.25) is 0 Å². The molecule has 0 saturated heterocycles. The standard InChI is InChI=1S/C23H23NO2S/c1-27(25,26)24-20-10-6-7-17(15-20)16-23-21-11-4-2-8-18(21)13-14-19-9-3-5-12-22(19)23/h2-12,15,23-24H,13-14,16H2,1H3. The first-order valence-electron chi connectivity index (χ1n) is 9.22. The van der Waals surface area contributed by atoms with Crippen molar-refractivity contribution in [2.75, 3.05) is 11.0 Å². The highest BCUT2D eigenvalue weighted by Gasteiger charge is 2.23. The predicted molar refractivity (Wildman–Crippen MR) is 111 cm³/mol. The van der Waals surface area contributed by atoms with Gasteiger partial charge in [-0.1, -0.05) is 60.7 Å². The maximum atomic E-state index is 11.6. The summed E-state index contributed by atoms with van der Waals surface area (Å²) < 4.78 is 25.7.